The van der Waals surface area contributed by atoms with E-state index in [4.69, 9.17) is 21.4 Å². The summed E-state index contributed by atoms with van der Waals surface area (Å²) in [5, 5.41) is 13.1. The van der Waals surface area contributed by atoms with Gasteiger partial charge in [0, 0.05) is 11.1 Å². The highest BCUT2D eigenvalue weighted by Crippen LogP contribution is 2.36. The van der Waals surface area contributed by atoms with Crippen molar-refractivity contribution in [3.63, 3.8) is 0 Å². The molecule has 16 heavy (non-hydrogen) atoms. The van der Waals surface area contributed by atoms with Gasteiger partial charge in [-0.05, 0) is 12.1 Å². The maximum Gasteiger partial charge on any atom is 0.344 e. The summed E-state index contributed by atoms with van der Waals surface area (Å²) in [5.74, 6) is 0. The lowest BCUT2D eigenvalue weighted by molar-refractivity contribution is -0.383. The van der Waals surface area contributed by atoms with Crippen LogP contribution in [0.5, 0.6) is 0 Å². The number of halogens is 1. The van der Waals surface area contributed by atoms with Crippen LogP contribution in [0.4, 0.5) is 11.4 Å². The predicted molar refractivity (Wildman–Crippen MR) is 58.6 cm³/mol. The average Bonchev–Trinajstić information content (AvgIpc) is 2.14. The first-order valence-electron chi connectivity index (χ1n) is 4.02. The third kappa shape index (κ3) is 3.79. The van der Waals surface area contributed by atoms with E-state index in [9.17, 15) is 14.7 Å². The molecule has 1 rings (SSSR count). The Morgan fingerprint density at radius 2 is 2.12 bits per heavy atom. The monoisotopic (exact) mass is 266 g/mol. The zero-order chi connectivity index (χ0) is 12.3. The topological polar surface area (TPSA) is 113 Å². The summed E-state index contributed by atoms with van der Waals surface area (Å²) >= 11 is 5.57. The van der Waals surface area contributed by atoms with Crippen LogP contribution in [0, 0.1) is 10.1 Å². The Morgan fingerprint density at radius 1 is 1.50 bits per heavy atom. The fourth-order valence-electron chi connectivity index (χ4n) is 0.993. The van der Waals surface area contributed by atoms with Crippen molar-refractivity contribution in [1.82, 2.24) is 0 Å². The molecule has 0 fully saturated rings. The SMILES string of the molecule is O=[N+]([O-])c1cc(Cl)ccc1NCP(=O)(O)O. The van der Waals surface area contributed by atoms with Crippen molar-refractivity contribution >= 4 is 30.6 Å². The number of benzene rings is 1. The second kappa shape index (κ2) is 4.80. The predicted octanol–water partition coefficient (Wildman–Crippen LogP) is 1.80. The fraction of sp³-hybridized carbons (Fsp3) is 0.143. The molecule has 0 radical (unpaired) electrons. The molecule has 0 aliphatic rings. The molecular weight excluding hydrogens is 259 g/mol. The maximum absolute atomic E-state index is 10.6. The molecule has 0 saturated carbocycles. The molecule has 0 bridgehead atoms. The van der Waals surface area contributed by atoms with Crippen molar-refractivity contribution in [3.8, 4) is 0 Å². The minimum Gasteiger partial charge on any atom is -0.368 e. The second-order valence-electron chi connectivity index (χ2n) is 2.92. The first-order chi connectivity index (χ1) is 7.29. The van der Waals surface area contributed by atoms with Gasteiger partial charge < -0.3 is 15.1 Å². The summed E-state index contributed by atoms with van der Waals surface area (Å²) in [7, 11) is -4.26. The smallest absolute Gasteiger partial charge is 0.344 e. The van der Waals surface area contributed by atoms with Gasteiger partial charge in [-0.3, -0.25) is 14.7 Å². The lowest BCUT2D eigenvalue weighted by Crippen LogP contribution is -2.04. The van der Waals surface area contributed by atoms with Crippen molar-refractivity contribution < 1.29 is 19.3 Å². The fourth-order valence-corrected chi connectivity index (χ4v) is 1.54. The third-order valence-corrected chi connectivity index (χ3v) is 2.44. The Labute approximate surface area is 95.4 Å². The number of anilines is 1. The van der Waals surface area contributed by atoms with Crippen LogP contribution in [0.2, 0.25) is 5.02 Å². The van der Waals surface area contributed by atoms with E-state index in [1.165, 1.54) is 12.1 Å². The first-order valence-corrected chi connectivity index (χ1v) is 6.19. The Hall–Kier alpha value is -1.14. The Morgan fingerprint density at radius 3 is 2.62 bits per heavy atom. The average molecular weight is 267 g/mol. The van der Waals surface area contributed by atoms with E-state index < -0.39 is 18.8 Å². The number of rotatable bonds is 4. The van der Waals surface area contributed by atoms with E-state index in [0.717, 1.165) is 6.07 Å². The lowest BCUT2D eigenvalue weighted by atomic mass is 10.3. The summed E-state index contributed by atoms with van der Waals surface area (Å²) in [5.41, 5.74) is -0.321. The van der Waals surface area contributed by atoms with Crippen LogP contribution >= 0.6 is 19.2 Å². The molecule has 0 aliphatic heterocycles. The van der Waals surface area contributed by atoms with Crippen LogP contribution in [0.3, 0.4) is 0 Å². The van der Waals surface area contributed by atoms with Crippen molar-refractivity contribution in [2.24, 2.45) is 0 Å². The highest BCUT2D eigenvalue weighted by atomic mass is 35.5. The number of nitro groups is 1. The highest BCUT2D eigenvalue weighted by Gasteiger charge is 2.18. The van der Waals surface area contributed by atoms with E-state index in [-0.39, 0.29) is 16.4 Å². The Balaban J connectivity index is 2.96. The van der Waals surface area contributed by atoms with Gasteiger partial charge in [-0.1, -0.05) is 11.6 Å². The second-order valence-corrected chi connectivity index (χ2v) is 5.00. The number of nitro benzene ring substituents is 1. The highest BCUT2D eigenvalue weighted by molar-refractivity contribution is 7.51. The summed E-state index contributed by atoms with van der Waals surface area (Å²) in [6.07, 6.45) is -0.671. The molecule has 0 amide bonds. The van der Waals surface area contributed by atoms with Gasteiger partial charge in [0.2, 0.25) is 0 Å². The molecule has 1 aromatic carbocycles. The van der Waals surface area contributed by atoms with E-state index >= 15 is 0 Å². The van der Waals surface area contributed by atoms with Gasteiger partial charge in [-0.15, -0.1) is 0 Å². The van der Waals surface area contributed by atoms with Crippen LogP contribution in [-0.2, 0) is 4.57 Å². The molecule has 1 aromatic rings. The van der Waals surface area contributed by atoms with Gasteiger partial charge in [-0.2, -0.15) is 0 Å². The minimum atomic E-state index is -4.26. The summed E-state index contributed by atoms with van der Waals surface area (Å²) in [6.45, 7) is 0. The molecular formula is C7H8ClN2O5P. The molecule has 0 unspecified atom stereocenters. The van der Waals surface area contributed by atoms with E-state index in [2.05, 4.69) is 5.32 Å². The van der Waals surface area contributed by atoms with Gasteiger partial charge in [-0.25, -0.2) is 0 Å². The van der Waals surface area contributed by atoms with Gasteiger partial charge in [0.1, 0.15) is 12.0 Å². The van der Waals surface area contributed by atoms with Crippen LogP contribution in [0.15, 0.2) is 18.2 Å². The van der Waals surface area contributed by atoms with Gasteiger partial charge in [0.25, 0.3) is 5.69 Å². The minimum absolute atomic E-state index is 0.0118. The Bertz CT molecular complexity index is 460. The molecule has 0 heterocycles. The summed E-state index contributed by atoms with van der Waals surface area (Å²) in [4.78, 5) is 27.2. The molecule has 9 heteroatoms. The van der Waals surface area contributed by atoms with Crippen molar-refractivity contribution in [3.05, 3.63) is 33.3 Å². The maximum atomic E-state index is 10.6. The molecule has 3 N–H and O–H groups in total. The molecule has 7 nitrogen and oxygen atoms in total. The number of hydrogen-bond donors (Lipinski definition) is 3. The van der Waals surface area contributed by atoms with E-state index in [1.54, 1.807) is 0 Å². The lowest BCUT2D eigenvalue weighted by Gasteiger charge is -2.08. The third-order valence-electron chi connectivity index (χ3n) is 1.63. The molecule has 0 spiro atoms. The van der Waals surface area contributed by atoms with Crippen LogP contribution < -0.4 is 5.32 Å². The first kappa shape index (κ1) is 12.9. The molecule has 0 saturated heterocycles. The summed E-state index contributed by atoms with van der Waals surface area (Å²) in [6, 6.07) is 3.77. The quantitative estimate of drug-likeness (QED) is 0.435. The van der Waals surface area contributed by atoms with Crippen LogP contribution in [-0.4, -0.2) is 21.0 Å². The number of nitrogens with one attached hydrogen (secondary N) is 1. The zero-order valence-corrected chi connectivity index (χ0v) is 9.48. The molecule has 0 aromatic heterocycles. The van der Waals surface area contributed by atoms with Crippen LogP contribution in [0.25, 0.3) is 0 Å². The molecule has 88 valence electrons. The van der Waals surface area contributed by atoms with Crippen molar-refractivity contribution in [1.29, 1.82) is 0 Å². The van der Waals surface area contributed by atoms with Gasteiger partial charge >= 0.3 is 7.60 Å². The normalized spacial score (nSPS) is 11.2. The van der Waals surface area contributed by atoms with Gasteiger partial charge in [0.15, 0.2) is 0 Å². The van der Waals surface area contributed by atoms with Crippen molar-refractivity contribution in [2.45, 2.75) is 0 Å². The standard InChI is InChI=1S/C7H8ClN2O5P/c8-5-1-2-6(7(3-5)10(11)12)9-4-16(13,14)15/h1-3,9H,4H2,(H2,13,14,15). The molecule has 0 aliphatic carbocycles. The van der Waals surface area contributed by atoms with E-state index in [1.807, 2.05) is 0 Å². The molecule has 0 atom stereocenters. The summed E-state index contributed by atoms with van der Waals surface area (Å²) < 4.78 is 10.6. The van der Waals surface area contributed by atoms with Crippen molar-refractivity contribution in [2.75, 3.05) is 11.6 Å². The number of nitrogens with zero attached hydrogens (tertiary/aromatic N) is 1. The number of hydrogen-bond acceptors (Lipinski definition) is 4. The van der Waals surface area contributed by atoms with Crippen LogP contribution in [0.1, 0.15) is 0 Å². The zero-order valence-electron chi connectivity index (χ0n) is 7.83. The Kier molecular flexibility index (Phi) is 3.88. The van der Waals surface area contributed by atoms with E-state index in [0.29, 0.717) is 0 Å². The largest absolute Gasteiger partial charge is 0.368 e. The van der Waals surface area contributed by atoms with Gasteiger partial charge in [0.05, 0.1) is 4.92 Å².